The number of aliphatic hydroxyl groups excluding tert-OH is 1. The second-order valence-electron chi connectivity index (χ2n) is 3.35. The van der Waals surface area contributed by atoms with E-state index < -0.39 is 0 Å². The van der Waals surface area contributed by atoms with Crippen LogP contribution in [-0.2, 0) is 0 Å². The lowest BCUT2D eigenvalue weighted by Gasteiger charge is -2.25. The lowest BCUT2D eigenvalue weighted by molar-refractivity contribution is 0.185. The zero-order valence-corrected chi connectivity index (χ0v) is 6.92. The Hall–Kier alpha value is -0.480. The fourth-order valence-electron chi connectivity index (χ4n) is 1.87. The fraction of sp³-hybridized carbons (Fsp3) is 0.800. The van der Waals surface area contributed by atoms with Gasteiger partial charge in [-0.05, 0) is 18.8 Å². The average molecular weight is 152 g/mol. The highest BCUT2D eigenvalue weighted by atomic mass is 16.3. The molecule has 11 heavy (non-hydrogen) atoms. The summed E-state index contributed by atoms with van der Waals surface area (Å²) in [7, 11) is 0. The summed E-state index contributed by atoms with van der Waals surface area (Å²) in [5.74, 6) is 3.39. The molecule has 0 saturated heterocycles. The van der Waals surface area contributed by atoms with Gasteiger partial charge in [0.05, 0.1) is 6.61 Å². The van der Waals surface area contributed by atoms with Crippen LogP contribution in [0.4, 0.5) is 0 Å². The standard InChI is InChI=1S/C10H16O/c1-2-9(8-11)10-6-4-3-5-7-10/h1,9-11H,3-8H2. The molecule has 1 aliphatic carbocycles. The van der Waals surface area contributed by atoms with Crippen molar-refractivity contribution in [3.63, 3.8) is 0 Å². The number of terminal acetylenes is 1. The van der Waals surface area contributed by atoms with Gasteiger partial charge in [0, 0.05) is 5.92 Å². The highest BCUT2D eigenvalue weighted by molar-refractivity contribution is 4.96. The molecule has 1 unspecified atom stereocenters. The molecule has 0 aromatic heterocycles. The zero-order valence-electron chi connectivity index (χ0n) is 6.92. The van der Waals surface area contributed by atoms with Crippen LogP contribution in [0.1, 0.15) is 32.1 Å². The van der Waals surface area contributed by atoms with Gasteiger partial charge in [-0.2, -0.15) is 0 Å². The molecule has 0 amide bonds. The van der Waals surface area contributed by atoms with E-state index in [2.05, 4.69) is 5.92 Å². The Labute approximate surface area is 68.8 Å². The number of hydrogen-bond acceptors (Lipinski definition) is 1. The predicted octanol–water partition coefficient (Wildman–Crippen LogP) is 1.81. The summed E-state index contributed by atoms with van der Waals surface area (Å²) in [6.07, 6.45) is 11.7. The maximum atomic E-state index is 8.94. The Kier molecular flexibility index (Phi) is 3.45. The molecular weight excluding hydrogens is 136 g/mol. The summed E-state index contributed by atoms with van der Waals surface area (Å²) in [6.45, 7) is 0.168. The maximum absolute atomic E-state index is 8.94. The first kappa shape index (κ1) is 8.62. The van der Waals surface area contributed by atoms with Crippen molar-refractivity contribution in [1.82, 2.24) is 0 Å². The van der Waals surface area contributed by atoms with Gasteiger partial charge in [-0.1, -0.05) is 19.3 Å². The molecule has 0 spiro atoms. The van der Waals surface area contributed by atoms with Crippen LogP contribution >= 0.6 is 0 Å². The molecule has 62 valence electrons. The third kappa shape index (κ3) is 2.24. The van der Waals surface area contributed by atoms with E-state index in [-0.39, 0.29) is 12.5 Å². The van der Waals surface area contributed by atoms with Crippen LogP contribution in [0.3, 0.4) is 0 Å². The largest absolute Gasteiger partial charge is 0.395 e. The van der Waals surface area contributed by atoms with Crippen LogP contribution < -0.4 is 0 Å². The van der Waals surface area contributed by atoms with Gasteiger partial charge in [0.15, 0.2) is 0 Å². The Bertz CT molecular complexity index is 139. The second-order valence-corrected chi connectivity index (χ2v) is 3.35. The summed E-state index contributed by atoms with van der Waals surface area (Å²) in [4.78, 5) is 0. The van der Waals surface area contributed by atoms with Crippen LogP contribution in [0.25, 0.3) is 0 Å². The molecule has 0 bridgehead atoms. The summed E-state index contributed by atoms with van der Waals surface area (Å²) < 4.78 is 0. The minimum Gasteiger partial charge on any atom is -0.395 e. The average Bonchev–Trinajstić information content (AvgIpc) is 2.09. The quantitative estimate of drug-likeness (QED) is 0.598. The van der Waals surface area contributed by atoms with Crippen LogP contribution in [0.15, 0.2) is 0 Å². The molecule has 1 nitrogen and oxygen atoms in total. The highest BCUT2D eigenvalue weighted by Crippen LogP contribution is 2.29. The summed E-state index contributed by atoms with van der Waals surface area (Å²) in [5.41, 5.74) is 0. The van der Waals surface area contributed by atoms with Gasteiger partial charge in [-0.3, -0.25) is 0 Å². The van der Waals surface area contributed by atoms with E-state index in [1.165, 1.54) is 32.1 Å². The minimum absolute atomic E-state index is 0.121. The molecule has 0 aliphatic heterocycles. The summed E-state index contributed by atoms with van der Waals surface area (Å²) >= 11 is 0. The van der Waals surface area contributed by atoms with E-state index in [1.807, 2.05) is 0 Å². The molecule has 1 fully saturated rings. The van der Waals surface area contributed by atoms with E-state index in [9.17, 15) is 0 Å². The third-order valence-electron chi connectivity index (χ3n) is 2.63. The smallest absolute Gasteiger partial charge is 0.0571 e. The molecule has 1 heteroatoms. The van der Waals surface area contributed by atoms with E-state index in [4.69, 9.17) is 11.5 Å². The van der Waals surface area contributed by atoms with Gasteiger partial charge in [0.1, 0.15) is 0 Å². The Balaban J connectivity index is 2.38. The van der Waals surface area contributed by atoms with Crippen molar-refractivity contribution in [2.45, 2.75) is 32.1 Å². The Morgan fingerprint density at radius 2 is 2.00 bits per heavy atom. The van der Waals surface area contributed by atoms with Crippen molar-refractivity contribution in [2.75, 3.05) is 6.61 Å². The SMILES string of the molecule is C#CC(CO)C1CCCCC1. The van der Waals surface area contributed by atoms with Crippen molar-refractivity contribution in [2.24, 2.45) is 11.8 Å². The van der Waals surface area contributed by atoms with Crippen molar-refractivity contribution in [3.8, 4) is 12.3 Å². The second kappa shape index (κ2) is 4.41. The topological polar surface area (TPSA) is 20.2 Å². The van der Waals surface area contributed by atoms with E-state index >= 15 is 0 Å². The van der Waals surface area contributed by atoms with E-state index in [0.717, 1.165) is 0 Å². The normalized spacial score (nSPS) is 22.5. The van der Waals surface area contributed by atoms with Crippen LogP contribution in [0, 0.1) is 24.2 Å². The molecule has 1 atom stereocenters. The predicted molar refractivity (Wildman–Crippen MR) is 46.0 cm³/mol. The van der Waals surface area contributed by atoms with Crippen LogP contribution in [0.5, 0.6) is 0 Å². The summed E-state index contributed by atoms with van der Waals surface area (Å²) in [6, 6.07) is 0. The fourth-order valence-corrected chi connectivity index (χ4v) is 1.87. The Morgan fingerprint density at radius 1 is 1.36 bits per heavy atom. The van der Waals surface area contributed by atoms with Gasteiger partial charge in [-0.25, -0.2) is 0 Å². The monoisotopic (exact) mass is 152 g/mol. The van der Waals surface area contributed by atoms with Crippen LogP contribution in [0.2, 0.25) is 0 Å². The lowest BCUT2D eigenvalue weighted by Crippen LogP contribution is -2.19. The van der Waals surface area contributed by atoms with Crippen molar-refractivity contribution >= 4 is 0 Å². The van der Waals surface area contributed by atoms with Gasteiger partial charge in [0.25, 0.3) is 0 Å². The molecule has 0 heterocycles. The lowest BCUT2D eigenvalue weighted by atomic mass is 9.81. The molecule has 1 N–H and O–H groups in total. The van der Waals surface area contributed by atoms with Gasteiger partial charge >= 0.3 is 0 Å². The van der Waals surface area contributed by atoms with E-state index in [0.29, 0.717) is 5.92 Å². The molecule has 1 saturated carbocycles. The zero-order chi connectivity index (χ0) is 8.10. The first-order chi connectivity index (χ1) is 5.38. The number of aliphatic hydroxyl groups is 1. The number of rotatable bonds is 2. The first-order valence-corrected chi connectivity index (χ1v) is 4.45. The van der Waals surface area contributed by atoms with Gasteiger partial charge in [0.2, 0.25) is 0 Å². The third-order valence-corrected chi connectivity index (χ3v) is 2.63. The number of hydrogen-bond donors (Lipinski definition) is 1. The molecule has 0 radical (unpaired) electrons. The van der Waals surface area contributed by atoms with Crippen molar-refractivity contribution in [1.29, 1.82) is 0 Å². The van der Waals surface area contributed by atoms with Gasteiger partial charge in [-0.15, -0.1) is 12.3 Å². The minimum atomic E-state index is 0.121. The maximum Gasteiger partial charge on any atom is 0.0571 e. The molecule has 0 aromatic rings. The van der Waals surface area contributed by atoms with E-state index in [1.54, 1.807) is 0 Å². The molecular formula is C10H16O. The summed E-state index contributed by atoms with van der Waals surface area (Å²) in [5, 5.41) is 8.94. The molecule has 1 aliphatic rings. The van der Waals surface area contributed by atoms with Crippen molar-refractivity contribution in [3.05, 3.63) is 0 Å². The first-order valence-electron chi connectivity index (χ1n) is 4.45. The van der Waals surface area contributed by atoms with Crippen LogP contribution in [-0.4, -0.2) is 11.7 Å². The Morgan fingerprint density at radius 3 is 2.45 bits per heavy atom. The molecule has 0 aromatic carbocycles. The molecule has 1 rings (SSSR count). The van der Waals surface area contributed by atoms with Crippen molar-refractivity contribution < 1.29 is 5.11 Å². The highest BCUT2D eigenvalue weighted by Gasteiger charge is 2.20. The van der Waals surface area contributed by atoms with Gasteiger partial charge < -0.3 is 5.11 Å².